The first-order valence-electron chi connectivity index (χ1n) is 7.27. The lowest BCUT2D eigenvalue weighted by Crippen LogP contribution is -2.29. The van der Waals surface area contributed by atoms with E-state index >= 15 is 0 Å². The molecule has 0 aliphatic carbocycles. The molecule has 3 nitrogen and oxygen atoms in total. The Labute approximate surface area is 149 Å². The van der Waals surface area contributed by atoms with Crippen molar-refractivity contribution in [3.8, 4) is 0 Å². The molecule has 4 rings (SSSR count). The number of fused-ring (bicyclic) bond motifs is 1. The Bertz CT molecular complexity index is 845. The number of nitrogens with zero attached hydrogens (tertiary/aromatic N) is 3. The summed E-state index contributed by atoms with van der Waals surface area (Å²) in [5, 5.41) is 10.3. The molecule has 0 saturated carbocycles. The molecule has 2 aromatic heterocycles. The Hall–Kier alpha value is -1.31. The van der Waals surface area contributed by atoms with Crippen molar-refractivity contribution >= 4 is 43.7 Å². The van der Waals surface area contributed by atoms with Crippen molar-refractivity contribution in [3.05, 3.63) is 60.9 Å². The summed E-state index contributed by atoms with van der Waals surface area (Å²) >= 11 is 6.89. The molecule has 3 aromatic rings. The highest BCUT2D eigenvalue weighted by atomic mass is 79.9. The highest BCUT2D eigenvalue weighted by Gasteiger charge is 2.21. The number of halogens is 2. The largest absolute Gasteiger partial charge is 0.341 e. The van der Waals surface area contributed by atoms with Gasteiger partial charge in [-0.3, -0.25) is 0 Å². The van der Waals surface area contributed by atoms with Crippen LogP contribution in [-0.2, 0) is 19.4 Å². The van der Waals surface area contributed by atoms with Crippen molar-refractivity contribution in [3.63, 3.8) is 0 Å². The van der Waals surface area contributed by atoms with Crippen LogP contribution in [0.4, 0.5) is 9.52 Å². The zero-order valence-electron chi connectivity index (χ0n) is 12.1. The lowest BCUT2D eigenvalue weighted by atomic mass is 10.1. The van der Waals surface area contributed by atoms with Crippen molar-refractivity contribution in [2.24, 2.45) is 0 Å². The van der Waals surface area contributed by atoms with Crippen molar-refractivity contribution in [1.29, 1.82) is 0 Å². The van der Waals surface area contributed by atoms with Gasteiger partial charge in [0.2, 0.25) is 5.13 Å². The summed E-state index contributed by atoms with van der Waals surface area (Å²) < 4.78 is 14.9. The molecule has 0 N–H and O–H groups in total. The van der Waals surface area contributed by atoms with Crippen LogP contribution in [0.2, 0.25) is 0 Å². The predicted octanol–water partition coefficient (Wildman–Crippen LogP) is 4.65. The van der Waals surface area contributed by atoms with Gasteiger partial charge in [0.15, 0.2) is 0 Å². The maximum Gasteiger partial charge on any atom is 0.208 e. The van der Waals surface area contributed by atoms with E-state index in [0.717, 1.165) is 29.6 Å². The van der Waals surface area contributed by atoms with Gasteiger partial charge in [0, 0.05) is 17.8 Å². The average molecular weight is 410 g/mol. The first-order valence-corrected chi connectivity index (χ1v) is 9.69. The molecule has 0 amide bonds. The second-order valence-corrected chi connectivity index (χ2v) is 8.97. The van der Waals surface area contributed by atoms with Crippen molar-refractivity contribution < 1.29 is 4.39 Å². The molecule has 1 aliphatic rings. The highest BCUT2D eigenvalue weighted by molar-refractivity contribution is 9.11. The summed E-state index contributed by atoms with van der Waals surface area (Å²) in [5.41, 5.74) is 2.09. The molecular weight excluding hydrogens is 397 g/mol. The molecule has 1 aromatic carbocycles. The van der Waals surface area contributed by atoms with Gasteiger partial charge >= 0.3 is 0 Å². The number of hydrogen-bond acceptors (Lipinski definition) is 5. The Morgan fingerprint density at radius 3 is 2.96 bits per heavy atom. The summed E-state index contributed by atoms with van der Waals surface area (Å²) in [6.45, 7) is 1.82. The maximum atomic E-state index is 13.7. The van der Waals surface area contributed by atoms with E-state index in [-0.39, 0.29) is 5.82 Å². The van der Waals surface area contributed by atoms with Gasteiger partial charge in [-0.25, -0.2) is 4.39 Å². The van der Waals surface area contributed by atoms with E-state index in [1.807, 2.05) is 6.07 Å². The molecule has 0 radical (unpaired) electrons. The number of aromatic nitrogens is 2. The van der Waals surface area contributed by atoms with Gasteiger partial charge in [-0.2, -0.15) is 0 Å². The normalized spacial score (nSPS) is 14.1. The molecule has 7 heteroatoms. The third-order valence-corrected chi connectivity index (χ3v) is 6.53. The molecule has 3 heterocycles. The molecule has 23 heavy (non-hydrogen) atoms. The average Bonchev–Trinajstić information content (AvgIpc) is 3.14. The monoisotopic (exact) mass is 409 g/mol. The van der Waals surface area contributed by atoms with Crippen LogP contribution in [0.15, 0.2) is 34.1 Å². The van der Waals surface area contributed by atoms with Crippen LogP contribution in [0, 0.1) is 5.82 Å². The highest BCUT2D eigenvalue weighted by Crippen LogP contribution is 2.34. The van der Waals surface area contributed by atoms with E-state index in [4.69, 9.17) is 0 Å². The fourth-order valence-electron chi connectivity index (χ4n) is 2.70. The number of hydrogen-bond donors (Lipinski definition) is 0. The molecule has 0 bridgehead atoms. The van der Waals surface area contributed by atoms with Crippen molar-refractivity contribution in [2.75, 3.05) is 11.4 Å². The summed E-state index contributed by atoms with van der Waals surface area (Å²) in [6.07, 6.45) is 1.52. The Morgan fingerprint density at radius 2 is 2.09 bits per heavy atom. The van der Waals surface area contributed by atoms with Crippen molar-refractivity contribution in [1.82, 2.24) is 10.2 Å². The molecular formula is C16H13BrFN3S2. The van der Waals surface area contributed by atoms with Crippen LogP contribution in [-0.4, -0.2) is 16.7 Å². The first-order chi connectivity index (χ1) is 11.2. The summed E-state index contributed by atoms with van der Waals surface area (Å²) in [5.74, 6) is -0.185. The number of rotatable bonds is 3. The van der Waals surface area contributed by atoms with Gasteiger partial charge in [0.05, 0.1) is 10.3 Å². The summed E-state index contributed by atoms with van der Waals surface area (Å²) in [4.78, 5) is 3.64. The fraction of sp³-hybridized carbons (Fsp3) is 0.250. The smallest absolute Gasteiger partial charge is 0.208 e. The molecule has 118 valence electrons. The molecule has 0 saturated heterocycles. The van der Waals surface area contributed by atoms with E-state index < -0.39 is 0 Å². The quantitative estimate of drug-likeness (QED) is 0.629. The maximum absolute atomic E-state index is 13.7. The van der Waals surface area contributed by atoms with Crippen LogP contribution in [0.3, 0.4) is 0 Å². The zero-order valence-corrected chi connectivity index (χ0v) is 15.3. The van der Waals surface area contributed by atoms with E-state index in [1.54, 1.807) is 34.8 Å². The standard InChI is InChI=1S/C16H13BrFN3S2/c17-14-7-11-5-6-21(9-13(11)22-14)16-20-19-15(23-16)8-10-3-1-2-4-12(10)18/h1-4,7H,5-6,8-9H2. The van der Waals surface area contributed by atoms with E-state index in [0.29, 0.717) is 12.0 Å². The molecule has 1 aliphatic heterocycles. The van der Waals surface area contributed by atoms with Gasteiger partial charge in [-0.15, -0.1) is 21.5 Å². The van der Waals surface area contributed by atoms with E-state index in [9.17, 15) is 4.39 Å². The lowest BCUT2D eigenvalue weighted by molar-refractivity contribution is 0.613. The molecule has 0 unspecified atom stereocenters. The summed E-state index contributed by atoms with van der Waals surface area (Å²) in [6, 6.07) is 9.04. The van der Waals surface area contributed by atoms with Gasteiger partial charge < -0.3 is 4.90 Å². The third kappa shape index (κ3) is 3.18. The predicted molar refractivity (Wildman–Crippen MR) is 95.9 cm³/mol. The topological polar surface area (TPSA) is 29.0 Å². The van der Waals surface area contributed by atoms with Gasteiger partial charge in [0.1, 0.15) is 10.8 Å². The Balaban J connectivity index is 1.51. The minimum atomic E-state index is -0.185. The first kappa shape index (κ1) is 15.2. The Kier molecular flexibility index (Phi) is 4.17. The van der Waals surface area contributed by atoms with Gasteiger partial charge in [-0.05, 0) is 45.6 Å². The van der Waals surface area contributed by atoms with Crippen LogP contribution >= 0.6 is 38.6 Å². The minimum absolute atomic E-state index is 0.185. The lowest BCUT2D eigenvalue weighted by Gasteiger charge is -2.25. The Morgan fingerprint density at radius 1 is 1.22 bits per heavy atom. The minimum Gasteiger partial charge on any atom is -0.341 e. The number of anilines is 1. The van der Waals surface area contributed by atoms with Gasteiger partial charge in [0.25, 0.3) is 0 Å². The SMILES string of the molecule is Fc1ccccc1Cc1nnc(N2CCc3cc(Br)sc3C2)s1. The van der Waals surface area contributed by atoms with E-state index in [2.05, 4.69) is 37.1 Å². The van der Waals surface area contributed by atoms with Crippen molar-refractivity contribution in [2.45, 2.75) is 19.4 Å². The molecule has 0 spiro atoms. The molecule has 0 atom stereocenters. The second kappa shape index (κ2) is 6.30. The molecule has 0 fully saturated rings. The zero-order chi connectivity index (χ0) is 15.8. The van der Waals surface area contributed by atoms with Crippen LogP contribution in [0.25, 0.3) is 0 Å². The van der Waals surface area contributed by atoms with E-state index in [1.165, 1.54) is 20.3 Å². The number of benzene rings is 1. The fourth-order valence-corrected chi connectivity index (χ4v) is 5.39. The third-order valence-electron chi connectivity index (χ3n) is 3.88. The van der Waals surface area contributed by atoms with Crippen LogP contribution in [0.5, 0.6) is 0 Å². The van der Waals surface area contributed by atoms with Crippen LogP contribution in [0.1, 0.15) is 21.0 Å². The van der Waals surface area contributed by atoms with Gasteiger partial charge in [-0.1, -0.05) is 29.5 Å². The second-order valence-electron chi connectivity index (χ2n) is 5.42. The summed E-state index contributed by atoms with van der Waals surface area (Å²) in [7, 11) is 0. The number of thiophene rings is 1. The van der Waals surface area contributed by atoms with Crippen LogP contribution < -0.4 is 4.90 Å².